The van der Waals surface area contributed by atoms with Crippen molar-refractivity contribution in [2.24, 2.45) is 0 Å². The van der Waals surface area contributed by atoms with E-state index in [1.54, 1.807) is 0 Å². The van der Waals surface area contributed by atoms with E-state index in [2.05, 4.69) is 0 Å². The summed E-state index contributed by atoms with van der Waals surface area (Å²) in [4.78, 5) is 0. The molecule has 0 bridgehead atoms. The Morgan fingerprint density at radius 1 is 0.733 bits per heavy atom. The van der Waals surface area contributed by atoms with Gasteiger partial charge >= 0.3 is 0 Å². The SMILES string of the molecule is OCCCSCCOCCSCCCO. The van der Waals surface area contributed by atoms with Crippen LogP contribution in [0, 0.1) is 0 Å². The fourth-order valence-corrected chi connectivity index (χ4v) is 2.42. The van der Waals surface area contributed by atoms with Gasteiger partial charge in [-0.3, -0.25) is 0 Å². The second-order valence-electron chi connectivity index (χ2n) is 2.99. The number of rotatable bonds is 12. The first kappa shape index (κ1) is 15.6. The van der Waals surface area contributed by atoms with Gasteiger partial charge in [-0.2, -0.15) is 23.5 Å². The van der Waals surface area contributed by atoms with Crippen molar-refractivity contribution in [1.29, 1.82) is 0 Å². The van der Waals surface area contributed by atoms with E-state index in [0.717, 1.165) is 49.1 Å². The summed E-state index contributed by atoms with van der Waals surface area (Å²) in [6.07, 6.45) is 1.75. The molecule has 0 unspecified atom stereocenters. The average molecular weight is 254 g/mol. The molecule has 0 aromatic carbocycles. The van der Waals surface area contributed by atoms with Gasteiger partial charge in [0.25, 0.3) is 0 Å². The van der Waals surface area contributed by atoms with Crippen LogP contribution in [0.4, 0.5) is 0 Å². The molecule has 0 heterocycles. The van der Waals surface area contributed by atoms with Gasteiger partial charge in [0.15, 0.2) is 0 Å². The van der Waals surface area contributed by atoms with Gasteiger partial charge in [0, 0.05) is 24.7 Å². The predicted octanol–water partition coefficient (Wildman–Crippen LogP) is 1.23. The fourth-order valence-electron chi connectivity index (χ4n) is 0.875. The number of aliphatic hydroxyl groups excluding tert-OH is 2. The van der Waals surface area contributed by atoms with Gasteiger partial charge in [0.05, 0.1) is 13.2 Å². The lowest BCUT2D eigenvalue weighted by molar-refractivity contribution is 0.167. The molecule has 0 atom stereocenters. The minimum absolute atomic E-state index is 0.287. The van der Waals surface area contributed by atoms with Crippen molar-refractivity contribution < 1.29 is 14.9 Å². The van der Waals surface area contributed by atoms with E-state index in [-0.39, 0.29) is 13.2 Å². The van der Waals surface area contributed by atoms with E-state index in [0.29, 0.717) is 0 Å². The Morgan fingerprint density at radius 2 is 1.20 bits per heavy atom. The lowest BCUT2D eigenvalue weighted by Gasteiger charge is -2.03. The zero-order chi connectivity index (χ0) is 11.2. The van der Waals surface area contributed by atoms with Gasteiger partial charge in [-0.1, -0.05) is 0 Å². The summed E-state index contributed by atoms with van der Waals surface area (Å²) >= 11 is 3.65. The highest BCUT2D eigenvalue weighted by molar-refractivity contribution is 7.99. The van der Waals surface area contributed by atoms with Crippen molar-refractivity contribution >= 4 is 23.5 Å². The molecule has 0 radical (unpaired) electrons. The summed E-state index contributed by atoms with van der Waals surface area (Å²) in [5.74, 6) is 4.07. The van der Waals surface area contributed by atoms with E-state index < -0.39 is 0 Å². The molecule has 92 valence electrons. The van der Waals surface area contributed by atoms with Crippen LogP contribution in [0.15, 0.2) is 0 Å². The van der Waals surface area contributed by atoms with Crippen molar-refractivity contribution in [3.63, 3.8) is 0 Å². The summed E-state index contributed by atoms with van der Waals surface area (Å²) < 4.78 is 5.43. The number of aliphatic hydroxyl groups is 2. The first-order valence-corrected chi connectivity index (χ1v) is 7.67. The quantitative estimate of drug-likeness (QED) is 0.513. The second kappa shape index (κ2) is 14.6. The summed E-state index contributed by atoms with van der Waals surface area (Å²) in [7, 11) is 0. The maximum absolute atomic E-state index is 8.54. The van der Waals surface area contributed by atoms with Crippen LogP contribution >= 0.6 is 23.5 Å². The highest BCUT2D eigenvalue weighted by Crippen LogP contribution is 2.03. The summed E-state index contributed by atoms with van der Waals surface area (Å²) in [5, 5.41) is 17.1. The molecule has 3 nitrogen and oxygen atoms in total. The van der Waals surface area contributed by atoms with Crippen molar-refractivity contribution in [1.82, 2.24) is 0 Å². The summed E-state index contributed by atoms with van der Waals surface area (Å²) in [5.41, 5.74) is 0. The zero-order valence-corrected chi connectivity index (χ0v) is 10.8. The van der Waals surface area contributed by atoms with Crippen LogP contribution in [-0.4, -0.2) is 59.7 Å². The molecule has 0 aliphatic carbocycles. The minimum Gasteiger partial charge on any atom is -0.396 e. The molecule has 0 rings (SSSR count). The van der Waals surface area contributed by atoms with Crippen LogP contribution in [0.1, 0.15) is 12.8 Å². The molecule has 0 aliphatic heterocycles. The lowest BCUT2D eigenvalue weighted by Crippen LogP contribution is -2.02. The molecule has 15 heavy (non-hydrogen) atoms. The monoisotopic (exact) mass is 254 g/mol. The fraction of sp³-hybridized carbons (Fsp3) is 1.00. The molecule has 0 fully saturated rings. The number of hydrogen-bond acceptors (Lipinski definition) is 5. The second-order valence-corrected chi connectivity index (χ2v) is 5.44. The van der Waals surface area contributed by atoms with Crippen LogP contribution in [0.3, 0.4) is 0 Å². The highest BCUT2D eigenvalue weighted by Gasteiger charge is 1.92. The maximum atomic E-state index is 8.54. The Balaban J connectivity index is 2.81. The molecule has 0 saturated carbocycles. The normalized spacial score (nSPS) is 10.8. The molecule has 0 saturated heterocycles. The van der Waals surface area contributed by atoms with E-state index >= 15 is 0 Å². The van der Waals surface area contributed by atoms with Crippen LogP contribution in [-0.2, 0) is 4.74 Å². The Morgan fingerprint density at radius 3 is 1.60 bits per heavy atom. The van der Waals surface area contributed by atoms with Crippen molar-refractivity contribution in [3.05, 3.63) is 0 Å². The van der Waals surface area contributed by atoms with Crippen molar-refractivity contribution in [2.75, 3.05) is 49.4 Å². The smallest absolute Gasteiger partial charge is 0.0557 e. The van der Waals surface area contributed by atoms with Crippen LogP contribution < -0.4 is 0 Å². The third-order valence-electron chi connectivity index (χ3n) is 1.64. The van der Waals surface area contributed by atoms with E-state index in [4.69, 9.17) is 14.9 Å². The summed E-state index contributed by atoms with van der Waals surface area (Å²) in [6, 6.07) is 0. The molecule has 0 spiro atoms. The number of ether oxygens (including phenoxy) is 1. The molecule has 2 N–H and O–H groups in total. The zero-order valence-electron chi connectivity index (χ0n) is 9.19. The van der Waals surface area contributed by atoms with Gasteiger partial charge in [-0.15, -0.1) is 0 Å². The first-order valence-electron chi connectivity index (χ1n) is 5.36. The molecule has 5 heteroatoms. The van der Waals surface area contributed by atoms with Gasteiger partial charge in [-0.25, -0.2) is 0 Å². The Bertz CT molecular complexity index is 103. The Hall–Kier alpha value is 0.580. The third kappa shape index (κ3) is 14.6. The minimum atomic E-state index is 0.287. The molecule has 0 aromatic rings. The van der Waals surface area contributed by atoms with Crippen LogP contribution in [0.25, 0.3) is 0 Å². The topological polar surface area (TPSA) is 49.7 Å². The van der Waals surface area contributed by atoms with E-state index in [1.165, 1.54) is 0 Å². The lowest BCUT2D eigenvalue weighted by atomic mass is 10.5. The molecular formula is C10H22O3S2. The third-order valence-corrected chi connectivity index (χ3v) is 3.70. The van der Waals surface area contributed by atoms with Crippen molar-refractivity contribution in [2.45, 2.75) is 12.8 Å². The largest absolute Gasteiger partial charge is 0.396 e. The van der Waals surface area contributed by atoms with Gasteiger partial charge in [-0.05, 0) is 24.3 Å². The van der Waals surface area contributed by atoms with Gasteiger partial charge < -0.3 is 14.9 Å². The van der Waals surface area contributed by atoms with E-state index in [9.17, 15) is 0 Å². The summed E-state index contributed by atoms with van der Waals surface area (Å²) in [6.45, 7) is 2.18. The Kier molecular flexibility index (Phi) is 15.1. The molecular weight excluding hydrogens is 232 g/mol. The van der Waals surface area contributed by atoms with Crippen LogP contribution in [0.2, 0.25) is 0 Å². The average Bonchev–Trinajstić information content (AvgIpc) is 2.26. The number of hydrogen-bond donors (Lipinski definition) is 2. The molecule has 0 amide bonds. The molecule has 0 aliphatic rings. The van der Waals surface area contributed by atoms with Crippen LogP contribution in [0.5, 0.6) is 0 Å². The predicted molar refractivity (Wildman–Crippen MR) is 68.9 cm³/mol. The van der Waals surface area contributed by atoms with Gasteiger partial charge in [0.2, 0.25) is 0 Å². The standard InChI is InChI=1S/C10H22O3S2/c11-3-1-7-14-9-5-13-6-10-15-8-2-4-12/h11-12H,1-10H2. The highest BCUT2D eigenvalue weighted by atomic mass is 32.2. The van der Waals surface area contributed by atoms with Crippen molar-refractivity contribution in [3.8, 4) is 0 Å². The maximum Gasteiger partial charge on any atom is 0.0557 e. The van der Waals surface area contributed by atoms with Gasteiger partial charge in [0.1, 0.15) is 0 Å². The molecule has 0 aromatic heterocycles. The number of thioether (sulfide) groups is 2. The Labute approximate surface area is 101 Å². The van der Waals surface area contributed by atoms with E-state index in [1.807, 2.05) is 23.5 Å². The first-order chi connectivity index (χ1) is 7.41.